The predicted molar refractivity (Wildman–Crippen MR) is 52.4 cm³/mol. The Labute approximate surface area is 85.5 Å². The van der Waals surface area contributed by atoms with Gasteiger partial charge in [-0.15, -0.1) is 0 Å². The molecule has 4 N–H and O–H groups in total. The van der Waals surface area contributed by atoms with Gasteiger partial charge in [0.15, 0.2) is 18.7 Å². The van der Waals surface area contributed by atoms with Crippen molar-refractivity contribution in [3.8, 4) is 0 Å². The van der Waals surface area contributed by atoms with Crippen molar-refractivity contribution < 1.29 is 25.3 Å². The molecule has 0 aliphatic carbocycles. The molecular formula is C9H23NO4. The molecule has 0 amide bonds. The first-order valence-electron chi connectivity index (χ1n) is 4.80. The van der Waals surface area contributed by atoms with Crippen LogP contribution in [-0.4, -0.2) is 50.5 Å². The molecule has 0 aliphatic heterocycles. The Hall–Kier alpha value is -0.200. The standard InChI is InChI=1S/C9H22NO3.H2O/c1-5-6-10(7(2)11,8(3)12)9(4)13;/h7-9,11-13H,5-6H2,1-4H3;1H2/q+1;/p-1. The number of aliphatic hydroxyl groups is 3. The minimum absolute atomic E-state index is 0. The zero-order valence-electron chi connectivity index (χ0n) is 9.38. The van der Waals surface area contributed by atoms with Gasteiger partial charge in [-0.1, -0.05) is 6.92 Å². The van der Waals surface area contributed by atoms with Crippen LogP contribution < -0.4 is 0 Å². The highest BCUT2D eigenvalue weighted by molar-refractivity contribution is 4.46. The lowest BCUT2D eigenvalue weighted by Crippen LogP contribution is -2.64. The summed E-state index contributed by atoms with van der Waals surface area (Å²) < 4.78 is -0.0729. The molecule has 0 saturated carbocycles. The summed E-state index contributed by atoms with van der Waals surface area (Å²) in [6, 6.07) is 0. The van der Waals surface area contributed by atoms with E-state index in [0.29, 0.717) is 6.54 Å². The van der Waals surface area contributed by atoms with Crippen molar-refractivity contribution >= 4 is 0 Å². The molecule has 88 valence electrons. The Bertz CT molecular complexity index is 126. The third kappa shape index (κ3) is 2.90. The van der Waals surface area contributed by atoms with Gasteiger partial charge in [0.1, 0.15) is 0 Å². The summed E-state index contributed by atoms with van der Waals surface area (Å²) in [5.74, 6) is 0. The number of nitrogens with zero attached hydrogens (tertiary/aromatic N) is 1. The molecule has 0 spiro atoms. The second-order valence-corrected chi connectivity index (χ2v) is 3.61. The molecule has 0 aromatic heterocycles. The van der Waals surface area contributed by atoms with Crippen LogP contribution in [0.2, 0.25) is 0 Å². The summed E-state index contributed by atoms with van der Waals surface area (Å²) >= 11 is 0. The van der Waals surface area contributed by atoms with Crippen molar-refractivity contribution in [3.63, 3.8) is 0 Å². The van der Waals surface area contributed by atoms with Crippen LogP contribution in [0.4, 0.5) is 0 Å². The van der Waals surface area contributed by atoms with Gasteiger partial charge in [-0.05, 0) is 6.42 Å². The molecule has 0 bridgehead atoms. The third-order valence-electron chi connectivity index (χ3n) is 2.70. The highest BCUT2D eigenvalue weighted by atomic mass is 16.4. The van der Waals surface area contributed by atoms with Crippen LogP contribution in [0.25, 0.3) is 0 Å². The third-order valence-corrected chi connectivity index (χ3v) is 2.70. The molecule has 0 heterocycles. The van der Waals surface area contributed by atoms with Gasteiger partial charge in [0.25, 0.3) is 0 Å². The van der Waals surface area contributed by atoms with Crippen LogP contribution in [0.1, 0.15) is 34.1 Å². The number of quaternary nitrogens is 1. The molecule has 0 saturated heterocycles. The molecule has 5 heteroatoms. The Balaban J connectivity index is 0. The van der Waals surface area contributed by atoms with Crippen LogP contribution in [0.3, 0.4) is 0 Å². The van der Waals surface area contributed by atoms with Crippen molar-refractivity contribution in [2.45, 2.75) is 52.8 Å². The van der Waals surface area contributed by atoms with E-state index in [1.54, 1.807) is 20.8 Å². The summed E-state index contributed by atoms with van der Waals surface area (Å²) in [6.07, 6.45) is -1.49. The zero-order chi connectivity index (χ0) is 10.6. The van der Waals surface area contributed by atoms with E-state index < -0.39 is 18.7 Å². The van der Waals surface area contributed by atoms with Crippen LogP contribution in [0, 0.1) is 0 Å². The Morgan fingerprint density at radius 1 is 0.929 bits per heavy atom. The van der Waals surface area contributed by atoms with Crippen LogP contribution in [0.5, 0.6) is 0 Å². The summed E-state index contributed by atoms with van der Waals surface area (Å²) in [7, 11) is 0. The first-order valence-corrected chi connectivity index (χ1v) is 4.80. The van der Waals surface area contributed by atoms with Gasteiger partial charge in [-0.3, -0.25) is 0 Å². The van der Waals surface area contributed by atoms with Gasteiger partial charge in [0.05, 0.1) is 6.54 Å². The van der Waals surface area contributed by atoms with E-state index in [4.69, 9.17) is 0 Å². The summed E-state index contributed by atoms with van der Waals surface area (Å²) in [5, 5.41) is 28.8. The van der Waals surface area contributed by atoms with E-state index >= 15 is 0 Å². The summed E-state index contributed by atoms with van der Waals surface area (Å²) in [6.45, 7) is 7.30. The average molecular weight is 209 g/mol. The molecule has 0 fully saturated rings. The lowest BCUT2D eigenvalue weighted by molar-refractivity contribution is -1.04. The lowest BCUT2D eigenvalue weighted by Gasteiger charge is -2.45. The maximum Gasteiger partial charge on any atom is 0.191 e. The highest BCUT2D eigenvalue weighted by Gasteiger charge is 2.41. The average Bonchev–Trinajstić information content (AvgIpc) is 1.97. The largest absolute Gasteiger partial charge is 0.870 e. The minimum Gasteiger partial charge on any atom is -0.870 e. The van der Waals surface area contributed by atoms with Gasteiger partial charge in [0, 0.05) is 20.8 Å². The molecule has 14 heavy (non-hydrogen) atoms. The van der Waals surface area contributed by atoms with Crippen molar-refractivity contribution in [3.05, 3.63) is 0 Å². The number of aliphatic hydroxyl groups excluding tert-OH is 3. The first-order chi connectivity index (χ1) is 5.89. The Kier molecular flexibility index (Phi) is 7.32. The monoisotopic (exact) mass is 209 g/mol. The van der Waals surface area contributed by atoms with E-state index in [-0.39, 0.29) is 9.96 Å². The SMILES string of the molecule is CCC[N+](C(C)O)(C(C)O)C(C)O.[OH-]. The first kappa shape index (κ1) is 16.2. The van der Waals surface area contributed by atoms with Crippen LogP contribution in [-0.2, 0) is 0 Å². The van der Waals surface area contributed by atoms with Crippen molar-refractivity contribution in [2.75, 3.05) is 6.54 Å². The normalized spacial score (nSPS) is 21.6. The molecular weight excluding hydrogens is 186 g/mol. The zero-order valence-corrected chi connectivity index (χ0v) is 9.38. The van der Waals surface area contributed by atoms with E-state index in [9.17, 15) is 15.3 Å². The second-order valence-electron chi connectivity index (χ2n) is 3.61. The smallest absolute Gasteiger partial charge is 0.191 e. The molecule has 0 aromatic carbocycles. The molecule has 5 nitrogen and oxygen atoms in total. The van der Waals surface area contributed by atoms with E-state index in [1.165, 1.54) is 0 Å². The number of hydrogen-bond donors (Lipinski definition) is 3. The molecule has 0 radical (unpaired) electrons. The maximum absolute atomic E-state index is 9.59. The van der Waals surface area contributed by atoms with Gasteiger partial charge < -0.3 is 20.8 Å². The highest BCUT2D eigenvalue weighted by Crippen LogP contribution is 2.21. The molecule has 0 aromatic rings. The van der Waals surface area contributed by atoms with Gasteiger partial charge >= 0.3 is 0 Å². The van der Waals surface area contributed by atoms with Crippen LogP contribution in [0.15, 0.2) is 0 Å². The number of rotatable bonds is 5. The van der Waals surface area contributed by atoms with Crippen LogP contribution >= 0.6 is 0 Å². The van der Waals surface area contributed by atoms with Gasteiger partial charge in [0.2, 0.25) is 0 Å². The van der Waals surface area contributed by atoms with E-state index in [2.05, 4.69) is 0 Å². The Morgan fingerprint density at radius 3 is 1.29 bits per heavy atom. The van der Waals surface area contributed by atoms with Gasteiger partial charge in [-0.25, -0.2) is 4.48 Å². The van der Waals surface area contributed by atoms with Gasteiger partial charge in [-0.2, -0.15) is 0 Å². The molecule has 3 atom stereocenters. The van der Waals surface area contributed by atoms with E-state index in [1.807, 2.05) is 6.92 Å². The quantitative estimate of drug-likeness (QED) is 0.441. The molecule has 3 unspecified atom stereocenters. The fourth-order valence-corrected chi connectivity index (χ4v) is 1.88. The summed E-state index contributed by atoms with van der Waals surface area (Å²) in [5.41, 5.74) is 0. The minimum atomic E-state index is -0.764. The predicted octanol–water partition coefficient (Wildman–Crippen LogP) is 0.0513. The summed E-state index contributed by atoms with van der Waals surface area (Å²) in [4.78, 5) is 0. The van der Waals surface area contributed by atoms with Crippen molar-refractivity contribution in [1.29, 1.82) is 0 Å². The Morgan fingerprint density at radius 2 is 1.21 bits per heavy atom. The fraction of sp³-hybridized carbons (Fsp3) is 1.00. The lowest BCUT2D eigenvalue weighted by atomic mass is 10.2. The maximum atomic E-state index is 9.59. The van der Waals surface area contributed by atoms with E-state index in [0.717, 1.165) is 6.42 Å². The fourth-order valence-electron chi connectivity index (χ4n) is 1.88. The molecule has 0 aliphatic rings. The van der Waals surface area contributed by atoms with Crippen molar-refractivity contribution in [1.82, 2.24) is 0 Å². The second kappa shape index (κ2) is 6.31. The molecule has 0 rings (SSSR count). The number of hydrogen-bond acceptors (Lipinski definition) is 4. The van der Waals surface area contributed by atoms with Crippen molar-refractivity contribution in [2.24, 2.45) is 0 Å². The topological polar surface area (TPSA) is 90.7 Å².